The van der Waals surface area contributed by atoms with Crippen molar-refractivity contribution in [2.24, 2.45) is 5.92 Å². The summed E-state index contributed by atoms with van der Waals surface area (Å²) in [5.74, 6) is 0.0716. The summed E-state index contributed by atoms with van der Waals surface area (Å²) in [4.78, 5) is 0. The molecule has 80 valence electrons. The molecule has 0 amide bonds. The molecule has 0 aromatic heterocycles. The minimum Gasteiger partial charge on any atom is -0.398 e. The van der Waals surface area contributed by atoms with Gasteiger partial charge >= 0.3 is 0 Å². The van der Waals surface area contributed by atoms with E-state index in [1.807, 2.05) is 0 Å². The van der Waals surface area contributed by atoms with E-state index in [1.165, 1.54) is 12.5 Å². The molecular formula is C11H13BrFN2+. The molecule has 15 heavy (non-hydrogen) atoms. The van der Waals surface area contributed by atoms with Gasteiger partial charge in [0.15, 0.2) is 5.71 Å². The van der Waals surface area contributed by atoms with Crippen LogP contribution in [0.25, 0.3) is 0 Å². The number of hydrogen-bond acceptors (Lipinski definition) is 1. The Morgan fingerprint density at radius 3 is 2.67 bits per heavy atom. The Bertz CT molecular complexity index is 413. The first-order valence-electron chi connectivity index (χ1n) is 4.97. The summed E-state index contributed by atoms with van der Waals surface area (Å²) in [5.41, 5.74) is 7.73. The molecule has 0 heterocycles. The van der Waals surface area contributed by atoms with Crippen molar-refractivity contribution in [2.75, 3.05) is 5.73 Å². The van der Waals surface area contributed by atoms with Crippen molar-refractivity contribution in [1.82, 2.24) is 0 Å². The summed E-state index contributed by atoms with van der Waals surface area (Å²) in [6, 6.07) is 2.98. The average Bonchev–Trinajstić information content (AvgIpc) is 2.08. The van der Waals surface area contributed by atoms with Gasteiger partial charge in [0.2, 0.25) is 0 Å². The van der Waals surface area contributed by atoms with E-state index in [4.69, 9.17) is 11.1 Å². The number of rotatable bonds is 2. The number of nitrogens with two attached hydrogens (primary N) is 2. The molecule has 4 heteroatoms. The second kappa shape index (κ2) is 3.93. The third-order valence-electron chi connectivity index (χ3n) is 2.95. The maximum absolute atomic E-state index is 13.1. The van der Waals surface area contributed by atoms with Crippen LogP contribution < -0.4 is 11.1 Å². The topological polar surface area (TPSA) is 51.6 Å². The molecule has 0 spiro atoms. The van der Waals surface area contributed by atoms with E-state index in [0.29, 0.717) is 16.1 Å². The van der Waals surface area contributed by atoms with Gasteiger partial charge < -0.3 is 5.73 Å². The maximum atomic E-state index is 13.1. The maximum Gasteiger partial charge on any atom is 0.185 e. The Hall–Kier alpha value is -0.900. The van der Waals surface area contributed by atoms with Gasteiger partial charge in [-0.2, -0.15) is 0 Å². The van der Waals surface area contributed by atoms with E-state index in [9.17, 15) is 4.39 Å². The lowest BCUT2D eigenvalue weighted by Gasteiger charge is -2.23. The van der Waals surface area contributed by atoms with E-state index in [-0.39, 0.29) is 5.82 Å². The quantitative estimate of drug-likeness (QED) is 0.622. The van der Waals surface area contributed by atoms with E-state index in [1.54, 1.807) is 6.07 Å². The molecule has 1 aliphatic rings. The molecule has 0 saturated heterocycles. The van der Waals surface area contributed by atoms with Gasteiger partial charge in [-0.1, -0.05) is 6.42 Å². The Balaban J connectivity index is 2.34. The minimum atomic E-state index is -0.349. The van der Waals surface area contributed by atoms with Crippen LogP contribution in [0.5, 0.6) is 0 Å². The lowest BCUT2D eigenvalue weighted by atomic mass is 9.79. The fraction of sp³-hybridized carbons (Fsp3) is 0.364. The van der Waals surface area contributed by atoms with E-state index < -0.39 is 0 Å². The SMILES string of the molecule is Nc1cc(F)c(Br)cc1C(=[NH2+])C1CCC1. The molecule has 0 bridgehead atoms. The van der Waals surface area contributed by atoms with Gasteiger partial charge in [-0.15, -0.1) is 0 Å². The molecule has 1 fully saturated rings. The van der Waals surface area contributed by atoms with Gasteiger partial charge in [-0.05, 0) is 40.9 Å². The first kappa shape index (κ1) is 10.6. The van der Waals surface area contributed by atoms with Crippen LogP contribution in [0.4, 0.5) is 10.1 Å². The predicted octanol–water partition coefficient (Wildman–Crippen LogP) is 1.52. The van der Waals surface area contributed by atoms with Gasteiger partial charge in [-0.25, -0.2) is 4.39 Å². The van der Waals surface area contributed by atoms with Crippen LogP contribution >= 0.6 is 15.9 Å². The molecule has 0 unspecified atom stereocenters. The molecule has 4 N–H and O–H groups in total. The minimum absolute atomic E-state index is 0.349. The molecule has 1 aromatic carbocycles. The Morgan fingerprint density at radius 1 is 1.47 bits per heavy atom. The van der Waals surface area contributed by atoms with E-state index in [2.05, 4.69) is 15.9 Å². The highest BCUT2D eigenvalue weighted by Gasteiger charge is 2.29. The second-order valence-electron chi connectivity index (χ2n) is 3.94. The van der Waals surface area contributed by atoms with Crippen molar-refractivity contribution in [3.8, 4) is 0 Å². The fourth-order valence-corrected chi connectivity index (χ4v) is 2.09. The lowest BCUT2D eigenvalue weighted by molar-refractivity contribution is -0.120. The van der Waals surface area contributed by atoms with Crippen molar-refractivity contribution < 1.29 is 9.80 Å². The molecule has 0 atom stereocenters. The van der Waals surface area contributed by atoms with Crippen molar-refractivity contribution in [2.45, 2.75) is 19.3 Å². The van der Waals surface area contributed by atoms with Crippen LogP contribution in [-0.2, 0) is 0 Å². The number of nitrogen functional groups attached to an aromatic ring is 1. The molecule has 1 aromatic rings. The zero-order valence-corrected chi connectivity index (χ0v) is 9.85. The number of hydrogen-bond donors (Lipinski definition) is 2. The standard InChI is InChI=1S/C11H12BrFN2/c12-8-4-7(10(14)5-9(8)13)11(15)6-2-1-3-6/h4-6,15H,1-3,14H2/p+1. The average molecular weight is 272 g/mol. The molecule has 1 saturated carbocycles. The molecule has 2 rings (SSSR count). The molecule has 0 aliphatic heterocycles. The summed E-state index contributed by atoms with van der Waals surface area (Å²) in [7, 11) is 0. The van der Waals surface area contributed by atoms with Crippen LogP contribution in [-0.4, -0.2) is 5.71 Å². The Kier molecular flexibility index (Phi) is 2.78. The van der Waals surface area contributed by atoms with Gasteiger partial charge in [0.05, 0.1) is 10.0 Å². The third kappa shape index (κ3) is 1.91. The lowest BCUT2D eigenvalue weighted by Crippen LogP contribution is -2.47. The van der Waals surface area contributed by atoms with Gasteiger partial charge in [0.1, 0.15) is 5.82 Å². The highest BCUT2D eigenvalue weighted by molar-refractivity contribution is 9.10. The first-order chi connectivity index (χ1) is 7.09. The van der Waals surface area contributed by atoms with Crippen LogP contribution in [0, 0.1) is 11.7 Å². The van der Waals surface area contributed by atoms with Gasteiger partial charge in [-0.3, -0.25) is 5.41 Å². The summed E-state index contributed by atoms with van der Waals surface area (Å²) < 4.78 is 13.6. The molecule has 0 radical (unpaired) electrons. The zero-order chi connectivity index (χ0) is 11.0. The van der Waals surface area contributed by atoms with E-state index >= 15 is 0 Å². The molecular weight excluding hydrogens is 259 g/mol. The van der Waals surface area contributed by atoms with Crippen molar-refractivity contribution in [3.63, 3.8) is 0 Å². The summed E-state index contributed by atoms with van der Waals surface area (Å²) in [5, 5.41) is 6.01. The summed E-state index contributed by atoms with van der Waals surface area (Å²) in [6.45, 7) is 0. The zero-order valence-electron chi connectivity index (χ0n) is 8.26. The number of benzene rings is 1. The Labute approximate surface area is 96.3 Å². The highest BCUT2D eigenvalue weighted by atomic mass is 79.9. The second-order valence-corrected chi connectivity index (χ2v) is 4.79. The number of halogens is 2. The van der Waals surface area contributed by atoms with E-state index in [0.717, 1.165) is 24.1 Å². The summed E-state index contributed by atoms with van der Waals surface area (Å²) >= 11 is 3.14. The molecule has 2 nitrogen and oxygen atoms in total. The Morgan fingerprint density at radius 2 is 2.13 bits per heavy atom. The summed E-state index contributed by atoms with van der Waals surface area (Å²) in [6.07, 6.45) is 3.44. The van der Waals surface area contributed by atoms with Gasteiger partial charge in [0, 0.05) is 11.6 Å². The molecule has 1 aliphatic carbocycles. The van der Waals surface area contributed by atoms with Crippen LogP contribution in [0.2, 0.25) is 0 Å². The first-order valence-corrected chi connectivity index (χ1v) is 5.76. The predicted molar refractivity (Wildman–Crippen MR) is 61.9 cm³/mol. The normalized spacial score (nSPS) is 16.1. The van der Waals surface area contributed by atoms with Crippen molar-refractivity contribution >= 4 is 27.3 Å². The van der Waals surface area contributed by atoms with Crippen molar-refractivity contribution in [1.29, 1.82) is 0 Å². The fourth-order valence-electron chi connectivity index (χ4n) is 1.75. The van der Waals surface area contributed by atoms with Crippen LogP contribution in [0.3, 0.4) is 0 Å². The van der Waals surface area contributed by atoms with Gasteiger partial charge in [0.25, 0.3) is 0 Å². The van der Waals surface area contributed by atoms with Crippen molar-refractivity contribution in [3.05, 3.63) is 28.0 Å². The largest absolute Gasteiger partial charge is 0.398 e. The van der Waals surface area contributed by atoms with Crippen LogP contribution in [0.15, 0.2) is 16.6 Å². The van der Waals surface area contributed by atoms with Crippen LogP contribution in [0.1, 0.15) is 24.8 Å². The highest BCUT2D eigenvalue weighted by Crippen LogP contribution is 2.31. The third-order valence-corrected chi connectivity index (χ3v) is 3.56. The monoisotopic (exact) mass is 271 g/mol. The smallest absolute Gasteiger partial charge is 0.185 e. The number of anilines is 1.